The number of alkyl halides is 1. The number of halogens is 3. The zero-order valence-electron chi connectivity index (χ0n) is 13.2. The largest absolute Gasteiger partial charge is 0.445 e. The molecule has 0 fully saturated rings. The van der Waals surface area contributed by atoms with Gasteiger partial charge in [-0.1, -0.05) is 30.3 Å². The Morgan fingerprint density at radius 3 is 2.28 bits per heavy atom. The van der Waals surface area contributed by atoms with Gasteiger partial charge in [-0.05, 0) is 23.3 Å². The van der Waals surface area contributed by atoms with Crippen molar-refractivity contribution in [2.75, 3.05) is 5.88 Å². The third-order valence-corrected chi connectivity index (χ3v) is 3.65. The van der Waals surface area contributed by atoms with E-state index in [1.54, 1.807) is 24.3 Å². The van der Waals surface area contributed by atoms with Crippen molar-refractivity contribution in [2.45, 2.75) is 19.1 Å². The van der Waals surface area contributed by atoms with Crippen LogP contribution in [0.5, 0.6) is 0 Å². The van der Waals surface area contributed by atoms with Crippen LogP contribution in [0.3, 0.4) is 0 Å². The molecule has 0 radical (unpaired) electrons. The van der Waals surface area contributed by atoms with Crippen molar-refractivity contribution in [3.63, 3.8) is 0 Å². The molecule has 2 rings (SSSR count). The second-order valence-electron chi connectivity index (χ2n) is 5.34. The van der Waals surface area contributed by atoms with Gasteiger partial charge in [-0.3, -0.25) is 4.79 Å². The zero-order chi connectivity index (χ0) is 18.2. The summed E-state index contributed by atoms with van der Waals surface area (Å²) >= 11 is 5.54. The highest BCUT2D eigenvalue weighted by Gasteiger charge is 2.21. The maximum atomic E-state index is 13.3. The van der Waals surface area contributed by atoms with Gasteiger partial charge in [0, 0.05) is 12.5 Å². The number of rotatable bonds is 7. The van der Waals surface area contributed by atoms with Gasteiger partial charge in [0.2, 0.25) is 0 Å². The summed E-state index contributed by atoms with van der Waals surface area (Å²) in [4.78, 5) is 23.8. The smallest absolute Gasteiger partial charge is 0.408 e. The highest BCUT2D eigenvalue weighted by molar-refractivity contribution is 6.28. The number of nitrogens with one attached hydrogen (secondary N) is 1. The molecule has 0 saturated carbocycles. The number of alkyl carbamates (subject to hydrolysis) is 1. The fourth-order valence-corrected chi connectivity index (χ4v) is 2.40. The van der Waals surface area contributed by atoms with Crippen LogP contribution in [0.2, 0.25) is 0 Å². The average molecular weight is 368 g/mol. The molecule has 2 aromatic carbocycles. The minimum atomic E-state index is -1.04. The van der Waals surface area contributed by atoms with Crippen molar-refractivity contribution < 1.29 is 23.1 Å². The molecule has 25 heavy (non-hydrogen) atoms. The SMILES string of the molecule is O=C(N[C@@H](Cc1cc(F)cc(F)c1)C(=O)CCl)OCc1ccccc1. The Hall–Kier alpha value is -2.47. The molecule has 132 valence electrons. The summed E-state index contributed by atoms with van der Waals surface area (Å²) < 4.78 is 31.6. The highest BCUT2D eigenvalue weighted by Crippen LogP contribution is 2.11. The van der Waals surface area contributed by atoms with Crippen LogP contribution in [0.1, 0.15) is 11.1 Å². The molecule has 4 nitrogen and oxygen atoms in total. The third-order valence-electron chi connectivity index (χ3n) is 3.39. The topological polar surface area (TPSA) is 55.4 Å². The first-order chi connectivity index (χ1) is 12.0. The number of Topliss-reactive ketones (excluding diaryl/α,β-unsaturated/α-hetero) is 1. The number of hydrogen-bond acceptors (Lipinski definition) is 3. The Balaban J connectivity index is 1.99. The summed E-state index contributed by atoms with van der Waals surface area (Å²) in [7, 11) is 0. The molecule has 0 aliphatic heterocycles. The minimum absolute atomic E-state index is 0.0308. The van der Waals surface area contributed by atoms with Crippen LogP contribution in [0.4, 0.5) is 13.6 Å². The van der Waals surface area contributed by atoms with E-state index in [1.807, 2.05) is 6.07 Å². The molecule has 1 amide bonds. The van der Waals surface area contributed by atoms with Gasteiger partial charge in [0.05, 0.1) is 11.9 Å². The Kier molecular flexibility index (Phi) is 6.89. The normalized spacial score (nSPS) is 11.6. The second kappa shape index (κ2) is 9.13. The summed E-state index contributed by atoms with van der Waals surface area (Å²) in [6, 6.07) is 10.9. The fourth-order valence-electron chi connectivity index (χ4n) is 2.21. The van der Waals surface area contributed by atoms with Gasteiger partial charge in [-0.2, -0.15) is 0 Å². The lowest BCUT2D eigenvalue weighted by Crippen LogP contribution is -2.43. The number of amides is 1. The van der Waals surface area contributed by atoms with Crippen molar-refractivity contribution in [3.05, 3.63) is 71.3 Å². The molecule has 2 aromatic rings. The van der Waals surface area contributed by atoms with E-state index in [-0.39, 0.29) is 24.5 Å². The van der Waals surface area contributed by atoms with E-state index in [2.05, 4.69) is 5.32 Å². The van der Waals surface area contributed by atoms with Gasteiger partial charge in [0.15, 0.2) is 5.78 Å². The molecular weight excluding hydrogens is 352 g/mol. The number of ketones is 1. The summed E-state index contributed by atoms with van der Waals surface area (Å²) in [5.41, 5.74) is 1.01. The molecule has 0 aliphatic carbocycles. The van der Waals surface area contributed by atoms with Crippen molar-refractivity contribution in [1.82, 2.24) is 5.32 Å². The molecular formula is C18H16ClF2NO3. The number of hydrogen-bond donors (Lipinski definition) is 1. The van der Waals surface area contributed by atoms with E-state index in [1.165, 1.54) is 0 Å². The monoisotopic (exact) mass is 367 g/mol. The lowest BCUT2D eigenvalue weighted by Gasteiger charge is -2.17. The maximum Gasteiger partial charge on any atom is 0.408 e. The summed E-state index contributed by atoms with van der Waals surface area (Å²) in [6.07, 6.45) is -0.912. The predicted molar refractivity (Wildman–Crippen MR) is 89.3 cm³/mol. The molecule has 0 bridgehead atoms. The first kappa shape index (κ1) is 18.9. The molecule has 7 heteroatoms. The summed E-state index contributed by atoms with van der Waals surface area (Å²) in [6.45, 7) is 0.0308. The van der Waals surface area contributed by atoms with Crippen LogP contribution in [0.25, 0.3) is 0 Å². The first-order valence-electron chi connectivity index (χ1n) is 7.49. The van der Waals surface area contributed by atoms with Crippen molar-refractivity contribution in [2.24, 2.45) is 0 Å². The first-order valence-corrected chi connectivity index (χ1v) is 8.02. The van der Waals surface area contributed by atoms with Crippen LogP contribution in [0.15, 0.2) is 48.5 Å². The van der Waals surface area contributed by atoms with E-state index in [4.69, 9.17) is 16.3 Å². The number of benzene rings is 2. The van der Waals surface area contributed by atoms with Crippen LogP contribution in [-0.2, 0) is 22.6 Å². The summed E-state index contributed by atoms with van der Waals surface area (Å²) in [5.74, 6) is -2.36. The number of ether oxygens (including phenoxy) is 1. The standard InChI is InChI=1S/C18H16ClF2NO3/c19-10-17(23)16(8-13-6-14(20)9-15(21)7-13)22-18(24)25-11-12-4-2-1-3-5-12/h1-7,9,16H,8,10-11H2,(H,22,24)/t16-/m0/s1. The molecule has 1 N–H and O–H groups in total. The molecule has 1 atom stereocenters. The molecule has 0 aliphatic rings. The Labute approximate surface area is 148 Å². The molecule has 0 aromatic heterocycles. The van der Waals surface area contributed by atoms with Crippen LogP contribution in [0, 0.1) is 11.6 Å². The van der Waals surface area contributed by atoms with E-state index >= 15 is 0 Å². The van der Waals surface area contributed by atoms with Crippen molar-refractivity contribution in [3.8, 4) is 0 Å². The second-order valence-corrected chi connectivity index (χ2v) is 5.61. The highest BCUT2D eigenvalue weighted by atomic mass is 35.5. The zero-order valence-corrected chi connectivity index (χ0v) is 13.9. The maximum absolute atomic E-state index is 13.3. The quantitative estimate of drug-likeness (QED) is 0.761. The lowest BCUT2D eigenvalue weighted by atomic mass is 10.0. The van der Waals surface area contributed by atoms with Gasteiger partial charge >= 0.3 is 6.09 Å². The van der Waals surface area contributed by atoms with E-state index < -0.39 is 29.6 Å². The van der Waals surface area contributed by atoms with Gasteiger partial charge in [0.25, 0.3) is 0 Å². The van der Waals surface area contributed by atoms with Gasteiger partial charge in [-0.15, -0.1) is 11.6 Å². The minimum Gasteiger partial charge on any atom is -0.445 e. The van der Waals surface area contributed by atoms with E-state index in [0.717, 1.165) is 23.8 Å². The van der Waals surface area contributed by atoms with E-state index in [9.17, 15) is 18.4 Å². The molecule has 0 heterocycles. The third kappa shape index (κ3) is 6.15. The fraction of sp³-hybridized carbons (Fsp3) is 0.222. The Morgan fingerprint density at radius 2 is 1.68 bits per heavy atom. The predicted octanol–water partition coefficient (Wildman–Crippen LogP) is 3.61. The van der Waals surface area contributed by atoms with E-state index in [0.29, 0.717) is 0 Å². The molecule has 0 spiro atoms. The van der Waals surface area contributed by atoms with Crippen LogP contribution in [-0.4, -0.2) is 23.8 Å². The van der Waals surface area contributed by atoms with Crippen molar-refractivity contribution >= 4 is 23.5 Å². The van der Waals surface area contributed by atoms with Gasteiger partial charge < -0.3 is 10.1 Å². The van der Waals surface area contributed by atoms with Gasteiger partial charge in [0.1, 0.15) is 18.2 Å². The lowest BCUT2D eigenvalue weighted by molar-refractivity contribution is -0.118. The number of carbonyl (C=O) groups excluding carboxylic acids is 2. The molecule has 0 unspecified atom stereocenters. The van der Waals surface area contributed by atoms with Crippen molar-refractivity contribution in [1.29, 1.82) is 0 Å². The van der Waals surface area contributed by atoms with Gasteiger partial charge in [-0.25, -0.2) is 13.6 Å². The Morgan fingerprint density at radius 1 is 1.04 bits per heavy atom. The van der Waals surface area contributed by atoms with Crippen LogP contribution >= 0.6 is 11.6 Å². The summed E-state index contributed by atoms with van der Waals surface area (Å²) in [5, 5.41) is 2.39. The average Bonchev–Trinajstić information content (AvgIpc) is 2.58. The van der Waals surface area contributed by atoms with Crippen LogP contribution < -0.4 is 5.32 Å². The molecule has 0 saturated heterocycles. The number of carbonyl (C=O) groups is 2. The Bertz CT molecular complexity index is 720.